The Morgan fingerprint density at radius 2 is 2.29 bits per heavy atom. The Labute approximate surface area is 85.2 Å². The van der Waals surface area contributed by atoms with E-state index in [0.29, 0.717) is 0 Å². The van der Waals surface area contributed by atoms with Crippen molar-refractivity contribution in [3.8, 4) is 5.75 Å². The quantitative estimate of drug-likeness (QED) is 0.563. The van der Waals surface area contributed by atoms with Crippen LogP contribution in [0.25, 0.3) is 10.2 Å². The Balaban J connectivity index is 2.93. The maximum Gasteiger partial charge on any atom is 0.208 e. The number of nitrogens with zero attached hydrogens (tertiary/aromatic N) is 2. The number of hydrogen-bond acceptors (Lipinski definition) is 4. The van der Waals surface area contributed by atoms with Gasteiger partial charge in [0.15, 0.2) is 0 Å². The summed E-state index contributed by atoms with van der Waals surface area (Å²) in [5.74, 6) is 6.12. The fourth-order valence-corrected chi connectivity index (χ4v) is 2.41. The number of aromatic nitrogens is 1. The Morgan fingerprint density at radius 3 is 2.93 bits per heavy atom. The minimum atomic E-state index is 0.782. The molecule has 5 heteroatoms. The number of fused-ring (bicyclic) bond motifs is 1. The van der Waals surface area contributed by atoms with Crippen molar-refractivity contribution in [3.05, 3.63) is 23.0 Å². The zero-order chi connectivity index (χ0) is 10.1. The van der Waals surface area contributed by atoms with E-state index in [1.54, 1.807) is 18.4 Å². The van der Waals surface area contributed by atoms with Crippen molar-refractivity contribution in [1.29, 1.82) is 0 Å². The molecule has 0 aliphatic rings. The number of rotatable bonds is 1. The second-order valence-electron chi connectivity index (χ2n) is 2.88. The molecule has 0 fully saturated rings. The van der Waals surface area contributed by atoms with Gasteiger partial charge >= 0.3 is 0 Å². The molecular weight excluding hydrogens is 198 g/mol. The smallest absolute Gasteiger partial charge is 0.208 e. The van der Waals surface area contributed by atoms with Gasteiger partial charge in [-0.15, -0.1) is 0 Å². The van der Waals surface area contributed by atoms with Crippen LogP contribution in [-0.2, 0) is 7.05 Å². The highest BCUT2D eigenvalue weighted by molar-refractivity contribution is 7.16. The summed E-state index contributed by atoms with van der Waals surface area (Å²) in [6, 6.07) is 5.91. The van der Waals surface area contributed by atoms with Crippen LogP contribution in [0.4, 0.5) is 0 Å². The third-order valence-electron chi connectivity index (χ3n) is 2.12. The van der Waals surface area contributed by atoms with Gasteiger partial charge in [0.2, 0.25) is 4.80 Å². The molecule has 0 bridgehead atoms. The molecule has 0 saturated heterocycles. The van der Waals surface area contributed by atoms with Gasteiger partial charge in [-0.25, -0.2) is 0 Å². The predicted octanol–water partition coefficient (Wildman–Crippen LogP) is 1.02. The minimum absolute atomic E-state index is 0.782. The highest BCUT2D eigenvalue weighted by Gasteiger charge is 2.07. The van der Waals surface area contributed by atoms with Crippen LogP contribution in [0.2, 0.25) is 0 Å². The molecule has 0 amide bonds. The topological polar surface area (TPSA) is 52.5 Å². The lowest BCUT2D eigenvalue weighted by Crippen LogP contribution is -2.12. The standard InChI is InChI=1S/C9H11N3OS/c1-12-8-6(13-2)4-3-5-7(8)14-9(12)11-10/h3-5H,10H2,1-2H3. The van der Waals surface area contributed by atoms with E-state index in [1.807, 2.05) is 29.8 Å². The molecule has 4 nitrogen and oxygen atoms in total. The Bertz CT molecular complexity index is 526. The molecule has 0 aliphatic carbocycles. The van der Waals surface area contributed by atoms with Crippen molar-refractivity contribution in [2.75, 3.05) is 7.11 Å². The van der Waals surface area contributed by atoms with Crippen molar-refractivity contribution in [2.45, 2.75) is 0 Å². The van der Waals surface area contributed by atoms with Gasteiger partial charge in [-0.3, -0.25) is 0 Å². The molecule has 0 atom stereocenters. The molecule has 0 unspecified atom stereocenters. The monoisotopic (exact) mass is 209 g/mol. The largest absolute Gasteiger partial charge is 0.495 e. The SMILES string of the molecule is COc1cccc2sc(=NN)n(C)c12. The van der Waals surface area contributed by atoms with Crippen LogP contribution in [-0.4, -0.2) is 11.7 Å². The van der Waals surface area contributed by atoms with Crippen molar-refractivity contribution < 1.29 is 4.74 Å². The number of benzene rings is 1. The lowest BCUT2D eigenvalue weighted by atomic mass is 10.3. The lowest BCUT2D eigenvalue weighted by Gasteiger charge is -2.02. The summed E-state index contributed by atoms with van der Waals surface area (Å²) in [7, 11) is 3.58. The summed E-state index contributed by atoms with van der Waals surface area (Å²) in [6.45, 7) is 0. The Morgan fingerprint density at radius 1 is 1.50 bits per heavy atom. The van der Waals surface area contributed by atoms with E-state index in [-0.39, 0.29) is 0 Å². The third-order valence-corrected chi connectivity index (χ3v) is 3.23. The van der Waals surface area contributed by atoms with Gasteiger partial charge in [-0.1, -0.05) is 17.4 Å². The summed E-state index contributed by atoms with van der Waals surface area (Å²) in [6.07, 6.45) is 0. The van der Waals surface area contributed by atoms with Crippen LogP contribution in [0, 0.1) is 0 Å². The third kappa shape index (κ3) is 1.17. The van der Waals surface area contributed by atoms with E-state index in [4.69, 9.17) is 10.6 Å². The average Bonchev–Trinajstić information content (AvgIpc) is 2.55. The number of nitrogens with two attached hydrogens (primary N) is 1. The molecule has 0 spiro atoms. The van der Waals surface area contributed by atoms with Gasteiger partial charge in [0.1, 0.15) is 11.3 Å². The molecule has 14 heavy (non-hydrogen) atoms. The lowest BCUT2D eigenvalue weighted by molar-refractivity contribution is 0.417. The first-order valence-electron chi connectivity index (χ1n) is 4.14. The van der Waals surface area contributed by atoms with E-state index in [9.17, 15) is 0 Å². The second kappa shape index (κ2) is 3.34. The number of aryl methyl sites for hydroxylation is 1. The van der Waals surface area contributed by atoms with E-state index in [0.717, 1.165) is 20.8 Å². The zero-order valence-corrected chi connectivity index (χ0v) is 8.84. The van der Waals surface area contributed by atoms with Gasteiger partial charge in [-0.05, 0) is 12.1 Å². The molecule has 2 aromatic rings. The van der Waals surface area contributed by atoms with Crippen LogP contribution >= 0.6 is 11.3 Å². The Kier molecular flexibility index (Phi) is 2.17. The van der Waals surface area contributed by atoms with Crippen molar-refractivity contribution in [2.24, 2.45) is 18.0 Å². The van der Waals surface area contributed by atoms with Crippen molar-refractivity contribution in [3.63, 3.8) is 0 Å². The molecule has 2 N–H and O–H groups in total. The first-order chi connectivity index (χ1) is 6.77. The Hall–Kier alpha value is -1.49. The summed E-state index contributed by atoms with van der Waals surface area (Å²) in [5.41, 5.74) is 1.03. The highest BCUT2D eigenvalue weighted by atomic mass is 32.1. The highest BCUT2D eigenvalue weighted by Crippen LogP contribution is 2.26. The normalized spacial score (nSPS) is 12.3. The number of ether oxygens (including phenoxy) is 1. The second-order valence-corrected chi connectivity index (χ2v) is 3.89. The number of para-hydroxylation sites is 1. The van der Waals surface area contributed by atoms with Crippen molar-refractivity contribution in [1.82, 2.24) is 4.57 Å². The number of hydrogen-bond donors (Lipinski definition) is 1. The molecular formula is C9H11N3OS. The van der Waals surface area contributed by atoms with Crippen LogP contribution in [0.1, 0.15) is 0 Å². The average molecular weight is 209 g/mol. The van der Waals surface area contributed by atoms with Gasteiger partial charge in [0.25, 0.3) is 0 Å². The van der Waals surface area contributed by atoms with Gasteiger partial charge in [-0.2, -0.15) is 5.10 Å². The molecule has 74 valence electrons. The minimum Gasteiger partial charge on any atom is -0.495 e. The first kappa shape index (κ1) is 9.08. The fourth-order valence-electron chi connectivity index (χ4n) is 1.46. The van der Waals surface area contributed by atoms with Crippen LogP contribution < -0.4 is 15.4 Å². The van der Waals surface area contributed by atoms with E-state index >= 15 is 0 Å². The van der Waals surface area contributed by atoms with Crippen LogP contribution in [0.5, 0.6) is 5.75 Å². The van der Waals surface area contributed by atoms with Crippen molar-refractivity contribution >= 4 is 21.6 Å². The molecule has 0 radical (unpaired) electrons. The first-order valence-corrected chi connectivity index (χ1v) is 4.96. The van der Waals surface area contributed by atoms with Gasteiger partial charge < -0.3 is 15.1 Å². The van der Waals surface area contributed by atoms with Crippen LogP contribution in [0.3, 0.4) is 0 Å². The van der Waals surface area contributed by atoms with E-state index in [1.165, 1.54) is 0 Å². The summed E-state index contributed by atoms with van der Waals surface area (Å²) < 4.78 is 8.32. The maximum atomic E-state index is 5.28. The van der Waals surface area contributed by atoms with Crippen LogP contribution in [0.15, 0.2) is 23.3 Å². The van der Waals surface area contributed by atoms with Gasteiger partial charge in [0.05, 0.1) is 11.8 Å². The molecule has 1 aromatic carbocycles. The summed E-state index contributed by atoms with van der Waals surface area (Å²) >= 11 is 1.54. The molecule has 1 heterocycles. The maximum absolute atomic E-state index is 5.28. The summed E-state index contributed by atoms with van der Waals surface area (Å²) in [5, 5.41) is 3.71. The molecule has 1 aromatic heterocycles. The fraction of sp³-hybridized carbons (Fsp3) is 0.222. The van der Waals surface area contributed by atoms with Gasteiger partial charge in [0, 0.05) is 7.05 Å². The van der Waals surface area contributed by atoms with E-state index < -0.39 is 0 Å². The summed E-state index contributed by atoms with van der Waals surface area (Å²) in [4.78, 5) is 0.782. The molecule has 0 saturated carbocycles. The number of methoxy groups -OCH3 is 1. The number of thiazole rings is 1. The predicted molar refractivity (Wildman–Crippen MR) is 57.1 cm³/mol. The van der Waals surface area contributed by atoms with E-state index in [2.05, 4.69) is 5.10 Å². The molecule has 0 aliphatic heterocycles. The molecule has 2 rings (SSSR count). The zero-order valence-electron chi connectivity index (χ0n) is 8.02.